The molecule has 0 spiro atoms. The zero-order valence-electron chi connectivity index (χ0n) is 13.6. The highest BCUT2D eigenvalue weighted by atomic mass is 35.5. The van der Waals surface area contributed by atoms with Crippen LogP contribution in [0.5, 0.6) is 0 Å². The number of nitrogens with zero attached hydrogens (tertiary/aromatic N) is 1. The summed E-state index contributed by atoms with van der Waals surface area (Å²) < 4.78 is 28.9. The van der Waals surface area contributed by atoms with E-state index in [9.17, 15) is 8.42 Å². The van der Waals surface area contributed by atoms with Gasteiger partial charge < -0.3 is 5.32 Å². The Bertz CT molecular complexity index is 1030. The Morgan fingerprint density at radius 3 is 2.84 bits per heavy atom. The summed E-state index contributed by atoms with van der Waals surface area (Å²) in [6.45, 7) is 3.65. The molecule has 4 rings (SSSR count). The molecule has 0 amide bonds. The molecule has 1 aromatic heterocycles. The Hall–Kier alpha value is -1.67. The van der Waals surface area contributed by atoms with Crippen molar-refractivity contribution < 1.29 is 8.42 Å². The van der Waals surface area contributed by atoms with Crippen LogP contribution < -0.4 is 10.0 Å². The van der Waals surface area contributed by atoms with Gasteiger partial charge in [-0.2, -0.15) is 0 Å². The first-order valence-electron chi connectivity index (χ1n) is 7.74. The van der Waals surface area contributed by atoms with Gasteiger partial charge in [0.2, 0.25) is 0 Å². The summed E-state index contributed by atoms with van der Waals surface area (Å²) in [5.41, 5.74) is 3.85. The van der Waals surface area contributed by atoms with Gasteiger partial charge in [-0.1, -0.05) is 6.07 Å². The van der Waals surface area contributed by atoms with Crippen molar-refractivity contribution in [2.45, 2.75) is 24.8 Å². The fourth-order valence-electron chi connectivity index (χ4n) is 2.95. The van der Waals surface area contributed by atoms with Crippen LogP contribution in [-0.2, 0) is 23.0 Å². The van der Waals surface area contributed by atoms with Gasteiger partial charge in [0.25, 0.3) is 10.0 Å². The Kier molecular flexibility index (Phi) is 5.02. The summed E-state index contributed by atoms with van der Waals surface area (Å²) >= 11 is 1.50. The molecule has 0 saturated heterocycles. The van der Waals surface area contributed by atoms with Gasteiger partial charge in [-0.3, -0.25) is 4.72 Å². The summed E-state index contributed by atoms with van der Waals surface area (Å²) in [7, 11) is -3.61. The van der Waals surface area contributed by atoms with E-state index < -0.39 is 10.0 Å². The van der Waals surface area contributed by atoms with Gasteiger partial charge in [-0.15, -0.1) is 23.7 Å². The van der Waals surface area contributed by atoms with Gasteiger partial charge in [0.05, 0.1) is 20.1 Å². The molecule has 0 bridgehead atoms. The molecule has 1 aliphatic rings. The van der Waals surface area contributed by atoms with Crippen LogP contribution in [0.15, 0.2) is 41.3 Å². The molecule has 0 unspecified atom stereocenters. The molecule has 5 nitrogen and oxygen atoms in total. The molecular formula is C17H18ClN3O2S2. The van der Waals surface area contributed by atoms with Crippen LogP contribution in [-0.4, -0.2) is 19.9 Å². The second-order valence-corrected chi connectivity index (χ2v) is 8.80. The number of nitrogens with one attached hydrogen (secondary N) is 2. The molecule has 2 heterocycles. The minimum Gasteiger partial charge on any atom is -0.312 e. The molecule has 0 atom stereocenters. The molecule has 0 aliphatic carbocycles. The minimum atomic E-state index is -3.61. The van der Waals surface area contributed by atoms with Gasteiger partial charge in [0, 0.05) is 12.2 Å². The molecule has 1 aliphatic heterocycles. The van der Waals surface area contributed by atoms with E-state index in [4.69, 9.17) is 0 Å². The number of halogens is 1. The third-order valence-corrected chi connectivity index (χ3v) is 6.43. The quantitative estimate of drug-likeness (QED) is 0.712. The first-order chi connectivity index (χ1) is 11.5. The monoisotopic (exact) mass is 395 g/mol. The van der Waals surface area contributed by atoms with Gasteiger partial charge in [-0.25, -0.2) is 13.4 Å². The van der Waals surface area contributed by atoms with Gasteiger partial charge in [0.1, 0.15) is 0 Å². The van der Waals surface area contributed by atoms with Crippen molar-refractivity contribution in [1.82, 2.24) is 10.3 Å². The van der Waals surface area contributed by atoms with E-state index in [1.165, 1.54) is 16.9 Å². The van der Waals surface area contributed by atoms with E-state index in [1.54, 1.807) is 18.2 Å². The van der Waals surface area contributed by atoms with Gasteiger partial charge in [-0.05, 0) is 61.3 Å². The molecule has 8 heteroatoms. The Balaban J connectivity index is 0.00000182. The van der Waals surface area contributed by atoms with Crippen LogP contribution in [0, 0.1) is 6.92 Å². The normalized spacial score (nSPS) is 14.0. The van der Waals surface area contributed by atoms with E-state index in [0.717, 1.165) is 40.3 Å². The molecule has 3 aromatic rings. The topological polar surface area (TPSA) is 71.1 Å². The first-order valence-corrected chi connectivity index (χ1v) is 10.0. The third kappa shape index (κ3) is 3.64. The van der Waals surface area contributed by atoms with E-state index in [0.29, 0.717) is 5.69 Å². The average Bonchev–Trinajstić information content (AvgIpc) is 2.93. The van der Waals surface area contributed by atoms with Crippen molar-refractivity contribution in [2.75, 3.05) is 11.3 Å². The number of aryl methyl sites for hydroxylation is 1. The number of aromatic nitrogens is 1. The zero-order chi connectivity index (χ0) is 16.7. The smallest absolute Gasteiger partial charge is 0.261 e. The lowest BCUT2D eigenvalue weighted by atomic mass is 10.0. The highest BCUT2D eigenvalue weighted by Gasteiger charge is 2.17. The van der Waals surface area contributed by atoms with Crippen molar-refractivity contribution >= 4 is 49.7 Å². The maximum Gasteiger partial charge on any atom is 0.261 e. The second-order valence-electron chi connectivity index (χ2n) is 5.88. The summed E-state index contributed by atoms with van der Waals surface area (Å²) in [6, 6.07) is 10.8. The SMILES string of the molecule is Cc1nc2ccc(S(=O)(=O)Nc3ccc4c(c3)CNCC4)cc2s1.Cl. The van der Waals surface area contributed by atoms with Crippen LogP contribution in [0.3, 0.4) is 0 Å². The van der Waals surface area contributed by atoms with Gasteiger partial charge >= 0.3 is 0 Å². The van der Waals surface area contributed by atoms with Crippen molar-refractivity contribution in [1.29, 1.82) is 0 Å². The molecular weight excluding hydrogens is 378 g/mol. The molecule has 2 N–H and O–H groups in total. The lowest BCUT2D eigenvalue weighted by Gasteiger charge is -2.18. The zero-order valence-corrected chi connectivity index (χ0v) is 16.0. The average molecular weight is 396 g/mol. The fraction of sp³-hybridized carbons (Fsp3) is 0.235. The number of hydrogen-bond acceptors (Lipinski definition) is 5. The largest absolute Gasteiger partial charge is 0.312 e. The highest BCUT2D eigenvalue weighted by molar-refractivity contribution is 7.92. The number of rotatable bonds is 3. The van der Waals surface area contributed by atoms with Crippen molar-refractivity contribution in [3.05, 3.63) is 52.5 Å². The van der Waals surface area contributed by atoms with Crippen LogP contribution >= 0.6 is 23.7 Å². The lowest BCUT2D eigenvalue weighted by Crippen LogP contribution is -2.23. The summed E-state index contributed by atoms with van der Waals surface area (Å²) in [5.74, 6) is 0. The van der Waals surface area contributed by atoms with E-state index >= 15 is 0 Å². The molecule has 132 valence electrons. The number of thiazole rings is 1. The minimum absolute atomic E-state index is 0. The van der Waals surface area contributed by atoms with Crippen molar-refractivity contribution in [2.24, 2.45) is 0 Å². The lowest BCUT2D eigenvalue weighted by molar-refractivity contribution is 0.601. The fourth-order valence-corrected chi connectivity index (χ4v) is 4.96. The van der Waals surface area contributed by atoms with Gasteiger partial charge in [0.15, 0.2) is 0 Å². The standard InChI is InChI=1S/C17H17N3O2S2.ClH/c1-11-19-16-5-4-15(9-17(16)23-11)24(21,22)20-14-3-2-12-6-7-18-10-13(12)8-14;/h2-5,8-9,18,20H,6-7,10H2,1H3;1H. The number of anilines is 1. The third-order valence-electron chi connectivity index (χ3n) is 4.12. The molecule has 2 aromatic carbocycles. The maximum atomic E-state index is 12.7. The van der Waals surface area contributed by atoms with Crippen LogP contribution in [0.1, 0.15) is 16.1 Å². The van der Waals surface area contributed by atoms with E-state index in [2.05, 4.69) is 15.0 Å². The second kappa shape index (κ2) is 6.92. The summed E-state index contributed by atoms with van der Waals surface area (Å²) in [6.07, 6.45) is 0.976. The number of sulfonamides is 1. The van der Waals surface area contributed by atoms with Crippen LogP contribution in [0.2, 0.25) is 0 Å². The molecule has 0 saturated carbocycles. The predicted octanol–water partition coefficient (Wildman–Crippen LogP) is 3.47. The molecule has 25 heavy (non-hydrogen) atoms. The van der Waals surface area contributed by atoms with Crippen molar-refractivity contribution in [3.63, 3.8) is 0 Å². The number of hydrogen-bond donors (Lipinski definition) is 2. The van der Waals surface area contributed by atoms with E-state index in [1.807, 2.05) is 25.1 Å². The Morgan fingerprint density at radius 2 is 2.00 bits per heavy atom. The van der Waals surface area contributed by atoms with E-state index in [-0.39, 0.29) is 17.3 Å². The highest BCUT2D eigenvalue weighted by Crippen LogP contribution is 2.26. The molecule has 0 fully saturated rings. The maximum absolute atomic E-state index is 12.7. The summed E-state index contributed by atoms with van der Waals surface area (Å²) in [5, 5.41) is 4.23. The number of benzene rings is 2. The van der Waals surface area contributed by atoms with Crippen LogP contribution in [0.25, 0.3) is 10.2 Å². The Morgan fingerprint density at radius 1 is 1.16 bits per heavy atom. The first kappa shape index (κ1) is 18.1. The molecule has 0 radical (unpaired) electrons. The Labute approximate surface area is 156 Å². The van der Waals surface area contributed by atoms with Crippen LogP contribution in [0.4, 0.5) is 5.69 Å². The predicted molar refractivity (Wildman–Crippen MR) is 104 cm³/mol. The number of fused-ring (bicyclic) bond motifs is 2. The van der Waals surface area contributed by atoms with Crippen molar-refractivity contribution in [3.8, 4) is 0 Å². The summed E-state index contributed by atoms with van der Waals surface area (Å²) in [4.78, 5) is 4.62.